The van der Waals surface area contributed by atoms with E-state index in [1.807, 2.05) is 24.3 Å². The van der Waals surface area contributed by atoms with Crippen molar-refractivity contribution in [2.24, 2.45) is 0 Å². The molecule has 0 spiro atoms. The van der Waals surface area contributed by atoms with Gasteiger partial charge in [-0.1, -0.05) is 12.1 Å². The summed E-state index contributed by atoms with van der Waals surface area (Å²) in [7, 11) is 0. The molecule has 0 saturated carbocycles. The Balaban J connectivity index is 2.15. The second-order valence-corrected chi connectivity index (χ2v) is 5.09. The van der Waals surface area contributed by atoms with Crippen LogP contribution in [0.3, 0.4) is 0 Å². The monoisotopic (exact) mass is 374 g/mol. The fourth-order valence-electron chi connectivity index (χ4n) is 1.52. The Morgan fingerprint density at radius 2 is 1.68 bits per heavy atom. The molecule has 2 aromatic rings. The summed E-state index contributed by atoms with van der Waals surface area (Å²) in [5, 5.41) is 0. The van der Waals surface area contributed by atoms with E-state index < -0.39 is 17.4 Å². The number of aldehydes is 1. The average Bonchev–Trinajstić information content (AvgIpc) is 2.39. The largest absolute Gasteiger partial charge is 0.483 e. The molecule has 2 nitrogen and oxygen atoms in total. The lowest BCUT2D eigenvalue weighted by Gasteiger charge is -2.09. The van der Waals surface area contributed by atoms with E-state index in [2.05, 4.69) is 22.6 Å². The first-order chi connectivity index (χ1) is 9.10. The number of halogens is 3. The van der Waals surface area contributed by atoms with Crippen LogP contribution in [-0.4, -0.2) is 6.29 Å². The van der Waals surface area contributed by atoms with Crippen molar-refractivity contribution in [1.29, 1.82) is 0 Å². The molecule has 0 aliphatic rings. The fraction of sp³-hybridized carbons (Fsp3) is 0.0714. The number of hydrogen-bond donors (Lipinski definition) is 0. The summed E-state index contributed by atoms with van der Waals surface area (Å²) in [4.78, 5) is 10.5. The number of rotatable bonds is 4. The van der Waals surface area contributed by atoms with Crippen LogP contribution in [0.4, 0.5) is 8.78 Å². The molecule has 98 valence electrons. The van der Waals surface area contributed by atoms with E-state index in [0.29, 0.717) is 6.29 Å². The minimum Gasteiger partial charge on any atom is -0.483 e. The van der Waals surface area contributed by atoms with E-state index in [-0.39, 0.29) is 12.2 Å². The van der Waals surface area contributed by atoms with Gasteiger partial charge in [-0.15, -0.1) is 0 Å². The molecule has 0 unspecified atom stereocenters. The lowest BCUT2D eigenvalue weighted by Crippen LogP contribution is -2.01. The predicted molar refractivity (Wildman–Crippen MR) is 75.2 cm³/mol. The molecule has 0 atom stereocenters. The van der Waals surface area contributed by atoms with E-state index in [4.69, 9.17) is 4.74 Å². The van der Waals surface area contributed by atoms with Gasteiger partial charge in [0, 0.05) is 9.13 Å². The number of benzene rings is 2. The fourth-order valence-corrected chi connectivity index (χ4v) is 1.88. The Morgan fingerprint density at radius 3 is 2.21 bits per heavy atom. The normalized spacial score (nSPS) is 10.3. The third kappa shape index (κ3) is 3.50. The van der Waals surface area contributed by atoms with Crippen LogP contribution in [0, 0.1) is 15.2 Å². The summed E-state index contributed by atoms with van der Waals surface area (Å²) < 4.78 is 33.3. The van der Waals surface area contributed by atoms with Gasteiger partial charge in [0.25, 0.3) is 0 Å². The van der Waals surface area contributed by atoms with Gasteiger partial charge in [0.1, 0.15) is 12.9 Å². The second kappa shape index (κ2) is 6.10. The van der Waals surface area contributed by atoms with Crippen molar-refractivity contribution >= 4 is 28.9 Å². The Labute approximate surface area is 122 Å². The molecular formula is C14H9F2IO2. The number of hydrogen-bond acceptors (Lipinski definition) is 2. The summed E-state index contributed by atoms with van der Waals surface area (Å²) in [6.07, 6.45) is 0.384. The number of carbonyl (C=O) groups is 1. The highest BCUT2D eigenvalue weighted by Gasteiger charge is 2.12. The summed E-state index contributed by atoms with van der Waals surface area (Å²) in [5.41, 5.74) is 0.746. The van der Waals surface area contributed by atoms with Crippen LogP contribution < -0.4 is 4.74 Å². The molecule has 19 heavy (non-hydrogen) atoms. The molecule has 5 heteroatoms. The van der Waals surface area contributed by atoms with Crippen LogP contribution in [0.1, 0.15) is 15.9 Å². The zero-order valence-corrected chi connectivity index (χ0v) is 11.9. The summed E-state index contributed by atoms with van der Waals surface area (Å²) in [6.45, 7) is 0.0607. The number of ether oxygens (including phenoxy) is 1. The smallest absolute Gasteiger partial charge is 0.191 e. The third-order valence-electron chi connectivity index (χ3n) is 2.45. The average molecular weight is 374 g/mol. The quantitative estimate of drug-likeness (QED) is 0.598. The van der Waals surface area contributed by atoms with Gasteiger partial charge in [0.2, 0.25) is 0 Å². The zero-order valence-electron chi connectivity index (χ0n) is 9.70. The van der Waals surface area contributed by atoms with Crippen LogP contribution in [0.2, 0.25) is 0 Å². The molecule has 2 rings (SSSR count). The Morgan fingerprint density at radius 1 is 1.11 bits per heavy atom. The minimum atomic E-state index is -0.882. The van der Waals surface area contributed by atoms with E-state index in [9.17, 15) is 13.6 Å². The van der Waals surface area contributed by atoms with Gasteiger partial charge >= 0.3 is 0 Å². The first-order valence-electron chi connectivity index (χ1n) is 5.41. The van der Waals surface area contributed by atoms with Crippen molar-refractivity contribution in [2.45, 2.75) is 6.61 Å². The minimum absolute atomic E-state index is 0.0587. The molecular weight excluding hydrogens is 365 g/mol. The molecule has 0 amide bonds. The standard InChI is InChI=1S/C14H9F2IO2/c15-12-5-10(7-18)6-13(16)14(12)19-8-9-1-3-11(17)4-2-9/h1-7H,8H2. The Kier molecular flexibility index (Phi) is 4.47. The van der Waals surface area contributed by atoms with Crippen molar-refractivity contribution in [2.75, 3.05) is 0 Å². The highest BCUT2D eigenvalue weighted by Crippen LogP contribution is 2.23. The summed E-state index contributed by atoms with van der Waals surface area (Å²) >= 11 is 2.16. The van der Waals surface area contributed by atoms with Crippen LogP contribution in [0.15, 0.2) is 36.4 Å². The highest BCUT2D eigenvalue weighted by molar-refractivity contribution is 14.1. The lowest BCUT2D eigenvalue weighted by atomic mass is 10.2. The Hall–Kier alpha value is -1.50. The van der Waals surface area contributed by atoms with Gasteiger partial charge in [0.15, 0.2) is 17.4 Å². The van der Waals surface area contributed by atoms with Crippen molar-refractivity contribution < 1.29 is 18.3 Å². The predicted octanol–water partition coefficient (Wildman–Crippen LogP) is 3.96. The van der Waals surface area contributed by atoms with Crippen LogP contribution in [0.25, 0.3) is 0 Å². The van der Waals surface area contributed by atoms with E-state index in [1.165, 1.54) is 0 Å². The van der Waals surface area contributed by atoms with E-state index >= 15 is 0 Å². The topological polar surface area (TPSA) is 26.3 Å². The second-order valence-electron chi connectivity index (χ2n) is 3.85. The maximum atomic E-state index is 13.5. The van der Waals surface area contributed by atoms with Gasteiger partial charge in [-0.2, -0.15) is 0 Å². The first kappa shape index (κ1) is 13.9. The summed E-state index contributed by atoms with van der Waals surface area (Å²) in [6, 6.07) is 9.27. The van der Waals surface area contributed by atoms with E-state index in [0.717, 1.165) is 21.3 Å². The molecule has 0 aliphatic heterocycles. The molecule has 0 aromatic heterocycles. The maximum Gasteiger partial charge on any atom is 0.191 e. The van der Waals surface area contributed by atoms with Gasteiger partial charge in [-0.25, -0.2) is 8.78 Å². The highest BCUT2D eigenvalue weighted by atomic mass is 127. The molecule has 2 aromatic carbocycles. The number of carbonyl (C=O) groups excluding carboxylic acids is 1. The molecule has 0 saturated heterocycles. The Bertz CT molecular complexity index is 574. The zero-order chi connectivity index (χ0) is 13.8. The van der Waals surface area contributed by atoms with Crippen molar-refractivity contribution in [3.63, 3.8) is 0 Å². The van der Waals surface area contributed by atoms with Gasteiger partial charge in [0.05, 0.1) is 0 Å². The molecule has 0 N–H and O–H groups in total. The summed E-state index contributed by atoms with van der Waals surface area (Å²) in [5.74, 6) is -2.23. The SMILES string of the molecule is O=Cc1cc(F)c(OCc2ccc(I)cc2)c(F)c1. The molecule has 0 aliphatic carbocycles. The first-order valence-corrected chi connectivity index (χ1v) is 6.49. The third-order valence-corrected chi connectivity index (χ3v) is 3.17. The van der Waals surface area contributed by atoms with Gasteiger partial charge in [-0.05, 0) is 52.4 Å². The van der Waals surface area contributed by atoms with E-state index in [1.54, 1.807) is 0 Å². The van der Waals surface area contributed by atoms with Crippen molar-refractivity contribution in [3.05, 3.63) is 62.7 Å². The van der Waals surface area contributed by atoms with Crippen LogP contribution in [0.5, 0.6) is 5.75 Å². The molecule has 0 radical (unpaired) electrons. The van der Waals surface area contributed by atoms with Gasteiger partial charge < -0.3 is 4.74 Å². The lowest BCUT2D eigenvalue weighted by molar-refractivity contribution is 0.112. The maximum absolute atomic E-state index is 13.5. The molecule has 0 heterocycles. The van der Waals surface area contributed by atoms with Crippen molar-refractivity contribution in [1.82, 2.24) is 0 Å². The van der Waals surface area contributed by atoms with Crippen LogP contribution >= 0.6 is 22.6 Å². The van der Waals surface area contributed by atoms with Crippen LogP contribution in [-0.2, 0) is 6.61 Å². The van der Waals surface area contributed by atoms with Crippen molar-refractivity contribution in [3.8, 4) is 5.75 Å². The molecule has 0 fully saturated rings. The molecule has 0 bridgehead atoms. The van der Waals surface area contributed by atoms with Gasteiger partial charge in [-0.3, -0.25) is 4.79 Å².